The second-order valence-corrected chi connectivity index (χ2v) is 10.1. The Kier molecular flexibility index (Phi) is 7.05. The van der Waals surface area contributed by atoms with E-state index in [1.54, 1.807) is 13.1 Å². The molecule has 1 N–H and O–H groups in total. The smallest absolute Gasteiger partial charge is 0.330 e. The Morgan fingerprint density at radius 2 is 1.42 bits per heavy atom. The van der Waals surface area contributed by atoms with Crippen molar-refractivity contribution >= 4 is 15.9 Å². The molecule has 1 saturated heterocycles. The number of nitrogens with one attached hydrogen (secondary N) is 1. The van der Waals surface area contributed by atoms with Gasteiger partial charge < -0.3 is 9.47 Å². The maximum Gasteiger partial charge on any atom is 0.330 e. The number of nitrogens with zero attached hydrogens (tertiary/aromatic N) is 1. The molecule has 0 saturated carbocycles. The summed E-state index contributed by atoms with van der Waals surface area (Å²) in [5.74, 6) is 0. The fourth-order valence-corrected chi connectivity index (χ4v) is 5.38. The Morgan fingerprint density at radius 3 is 1.92 bits per heavy atom. The predicted molar refractivity (Wildman–Crippen MR) is 142 cm³/mol. The standard InChI is InChI=1S/C29H27BrN2O4/c1-20-18-32(28(34)31-27(20)33)26-17-24(30)25(36-26)19-35-29(21-11-5-2-6-12-21,22-13-7-3-8-14-22)23-15-9-4-10-16-23/h2-16,18,24-26H,17,19H2,1H3,(H,31,33,34)/t24-,25+,26-/m1/s1. The molecule has 6 nitrogen and oxygen atoms in total. The van der Waals surface area contributed by atoms with Crippen molar-refractivity contribution in [1.29, 1.82) is 0 Å². The van der Waals surface area contributed by atoms with Crippen LogP contribution in [0.5, 0.6) is 0 Å². The van der Waals surface area contributed by atoms with E-state index in [4.69, 9.17) is 9.47 Å². The normalized spacial score (nSPS) is 19.9. The van der Waals surface area contributed by atoms with Crippen molar-refractivity contribution in [2.24, 2.45) is 0 Å². The molecule has 4 aromatic rings. The molecular weight excluding hydrogens is 520 g/mol. The average molecular weight is 547 g/mol. The lowest BCUT2D eigenvalue weighted by Gasteiger charge is -2.37. The molecular formula is C29H27BrN2O4. The summed E-state index contributed by atoms with van der Waals surface area (Å²) < 4.78 is 14.7. The third-order valence-electron chi connectivity index (χ3n) is 6.62. The van der Waals surface area contributed by atoms with Gasteiger partial charge in [-0.05, 0) is 23.6 Å². The number of halogens is 1. The van der Waals surface area contributed by atoms with Gasteiger partial charge in [-0.3, -0.25) is 14.3 Å². The van der Waals surface area contributed by atoms with Crippen LogP contribution in [0.15, 0.2) is 107 Å². The van der Waals surface area contributed by atoms with Crippen LogP contribution in [0.3, 0.4) is 0 Å². The number of aromatic amines is 1. The maximum atomic E-state index is 12.4. The van der Waals surface area contributed by atoms with Gasteiger partial charge in [0.15, 0.2) is 0 Å². The molecule has 36 heavy (non-hydrogen) atoms. The molecule has 5 rings (SSSR count). The van der Waals surface area contributed by atoms with E-state index < -0.39 is 17.5 Å². The fourth-order valence-electron chi connectivity index (χ4n) is 4.79. The van der Waals surface area contributed by atoms with Crippen molar-refractivity contribution in [2.45, 2.75) is 36.1 Å². The number of hydrogen-bond donors (Lipinski definition) is 1. The Morgan fingerprint density at radius 1 is 0.917 bits per heavy atom. The molecule has 184 valence electrons. The lowest BCUT2D eigenvalue weighted by molar-refractivity contribution is -0.0763. The molecule has 0 radical (unpaired) electrons. The second kappa shape index (κ2) is 10.4. The van der Waals surface area contributed by atoms with Crippen molar-refractivity contribution in [2.75, 3.05) is 6.61 Å². The summed E-state index contributed by atoms with van der Waals surface area (Å²) in [4.78, 5) is 26.6. The largest absolute Gasteiger partial charge is 0.358 e. The Labute approximate surface area is 217 Å². The average Bonchev–Trinajstić information content (AvgIpc) is 3.28. The van der Waals surface area contributed by atoms with Crippen molar-refractivity contribution in [3.05, 3.63) is 140 Å². The van der Waals surface area contributed by atoms with Gasteiger partial charge in [0.1, 0.15) is 11.8 Å². The number of ether oxygens (including phenoxy) is 2. The molecule has 0 bridgehead atoms. The lowest BCUT2D eigenvalue weighted by atomic mass is 9.80. The minimum atomic E-state index is -0.858. The lowest BCUT2D eigenvalue weighted by Crippen LogP contribution is -2.37. The topological polar surface area (TPSA) is 73.3 Å². The maximum absolute atomic E-state index is 12.4. The first-order chi connectivity index (χ1) is 17.5. The fraction of sp³-hybridized carbons (Fsp3) is 0.241. The summed E-state index contributed by atoms with van der Waals surface area (Å²) in [6, 6.07) is 30.5. The molecule has 0 unspecified atom stereocenters. The van der Waals surface area contributed by atoms with Crippen LogP contribution >= 0.6 is 15.9 Å². The number of aromatic nitrogens is 2. The zero-order valence-corrected chi connectivity index (χ0v) is 21.4. The van der Waals surface area contributed by atoms with Gasteiger partial charge >= 0.3 is 5.69 Å². The van der Waals surface area contributed by atoms with E-state index in [9.17, 15) is 9.59 Å². The monoisotopic (exact) mass is 546 g/mol. The van der Waals surface area contributed by atoms with Gasteiger partial charge in [-0.2, -0.15) is 0 Å². The number of rotatable bonds is 7. The van der Waals surface area contributed by atoms with Crippen LogP contribution in [-0.2, 0) is 15.1 Å². The van der Waals surface area contributed by atoms with Crippen molar-refractivity contribution in [3.8, 4) is 0 Å². The summed E-state index contributed by atoms with van der Waals surface area (Å²) in [5.41, 5.74) is 1.76. The summed E-state index contributed by atoms with van der Waals surface area (Å²) in [7, 11) is 0. The molecule has 3 atom stereocenters. The molecule has 2 heterocycles. The molecule has 1 aliphatic rings. The van der Waals surface area contributed by atoms with Crippen LogP contribution in [0.25, 0.3) is 0 Å². The summed E-state index contributed by atoms with van der Waals surface area (Å²) in [6.45, 7) is 1.95. The van der Waals surface area contributed by atoms with Gasteiger partial charge in [0, 0.05) is 23.0 Å². The van der Waals surface area contributed by atoms with Gasteiger partial charge in [0.25, 0.3) is 5.56 Å². The zero-order chi connectivity index (χ0) is 25.1. The molecule has 0 amide bonds. The highest BCUT2D eigenvalue weighted by molar-refractivity contribution is 9.09. The molecule has 1 fully saturated rings. The summed E-state index contributed by atoms with van der Waals surface area (Å²) >= 11 is 3.74. The van der Waals surface area contributed by atoms with Gasteiger partial charge in [-0.15, -0.1) is 0 Å². The first kappa shape index (κ1) is 24.4. The van der Waals surface area contributed by atoms with Gasteiger partial charge in [-0.1, -0.05) is 107 Å². The molecule has 0 spiro atoms. The van der Waals surface area contributed by atoms with Crippen LogP contribution < -0.4 is 11.2 Å². The van der Waals surface area contributed by atoms with E-state index >= 15 is 0 Å². The van der Waals surface area contributed by atoms with Crippen LogP contribution in [0, 0.1) is 6.92 Å². The van der Waals surface area contributed by atoms with E-state index in [-0.39, 0.29) is 23.1 Å². The van der Waals surface area contributed by atoms with Crippen LogP contribution in [-0.4, -0.2) is 27.1 Å². The highest BCUT2D eigenvalue weighted by Gasteiger charge is 2.41. The highest BCUT2D eigenvalue weighted by atomic mass is 79.9. The number of alkyl halides is 1. The Balaban J connectivity index is 1.50. The number of hydrogen-bond acceptors (Lipinski definition) is 4. The number of aryl methyl sites for hydroxylation is 1. The second-order valence-electron chi connectivity index (χ2n) is 8.95. The quantitative estimate of drug-likeness (QED) is 0.264. The minimum Gasteiger partial charge on any atom is -0.358 e. The minimum absolute atomic E-state index is 0.0401. The molecule has 7 heteroatoms. The molecule has 3 aromatic carbocycles. The third kappa shape index (κ3) is 4.62. The first-order valence-electron chi connectivity index (χ1n) is 11.9. The number of benzene rings is 3. The Bertz CT molecular complexity index is 1320. The predicted octanol–water partition coefficient (Wildman–Crippen LogP) is 4.90. The molecule has 0 aliphatic carbocycles. The van der Waals surface area contributed by atoms with Crippen LogP contribution in [0.4, 0.5) is 0 Å². The van der Waals surface area contributed by atoms with E-state index in [2.05, 4.69) is 57.3 Å². The van der Waals surface area contributed by atoms with Gasteiger partial charge in [0.05, 0.1) is 12.7 Å². The summed E-state index contributed by atoms with van der Waals surface area (Å²) in [5, 5.41) is 0. The Hall–Kier alpha value is -3.26. The van der Waals surface area contributed by atoms with E-state index in [1.165, 1.54) is 4.57 Å². The van der Waals surface area contributed by atoms with Crippen molar-refractivity contribution < 1.29 is 9.47 Å². The number of H-pyrrole nitrogens is 1. The van der Waals surface area contributed by atoms with E-state index in [0.29, 0.717) is 12.0 Å². The van der Waals surface area contributed by atoms with Gasteiger partial charge in [0.2, 0.25) is 0 Å². The molecule has 1 aromatic heterocycles. The van der Waals surface area contributed by atoms with E-state index in [0.717, 1.165) is 16.7 Å². The van der Waals surface area contributed by atoms with Crippen molar-refractivity contribution in [3.63, 3.8) is 0 Å². The van der Waals surface area contributed by atoms with Gasteiger partial charge in [-0.25, -0.2) is 4.79 Å². The van der Waals surface area contributed by atoms with Crippen molar-refractivity contribution in [1.82, 2.24) is 9.55 Å². The first-order valence-corrected chi connectivity index (χ1v) is 12.8. The zero-order valence-electron chi connectivity index (χ0n) is 19.8. The molecule has 1 aliphatic heterocycles. The highest BCUT2D eigenvalue weighted by Crippen LogP contribution is 2.42. The third-order valence-corrected chi connectivity index (χ3v) is 7.59. The SMILES string of the molecule is Cc1cn([C@H]2C[C@@H](Br)[C@H](COC(c3ccccc3)(c3ccccc3)c3ccccc3)O2)c(=O)[nH]c1=O. The van der Waals surface area contributed by atoms with Crippen LogP contribution in [0.1, 0.15) is 34.9 Å². The van der Waals surface area contributed by atoms with E-state index in [1.807, 2.05) is 54.6 Å². The summed E-state index contributed by atoms with van der Waals surface area (Å²) in [6.07, 6.45) is 1.29. The van der Waals surface area contributed by atoms with Crippen LogP contribution in [0.2, 0.25) is 0 Å².